The molecule has 0 spiro atoms. The molecule has 18 heavy (non-hydrogen) atoms. The first-order valence-corrected chi connectivity index (χ1v) is 6.89. The molecule has 0 heterocycles. The molecule has 0 aromatic heterocycles. The lowest BCUT2D eigenvalue weighted by atomic mass is 10.2. The molecule has 6 nitrogen and oxygen atoms in total. The number of hydrogen-bond donors (Lipinski definition) is 1. The minimum absolute atomic E-state index is 0.288. The van der Waals surface area contributed by atoms with Crippen LogP contribution in [0.15, 0.2) is 18.2 Å². The fourth-order valence-corrected chi connectivity index (χ4v) is 2.68. The molecular weight excluding hydrogens is 258 g/mol. The van der Waals surface area contributed by atoms with Gasteiger partial charge in [-0.1, -0.05) is 0 Å². The van der Waals surface area contributed by atoms with Crippen LogP contribution in [0.3, 0.4) is 0 Å². The molecule has 0 aliphatic rings. The second-order valence-corrected chi connectivity index (χ2v) is 5.79. The second kappa shape index (κ2) is 5.72. The highest BCUT2D eigenvalue weighted by Crippen LogP contribution is 2.20. The zero-order valence-corrected chi connectivity index (χ0v) is 11.0. The van der Waals surface area contributed by atoms with Crippen molar-refractivity contribution in [2.45, 2.75) is 5.75 Å². The van der Waals surface area contributed by atoms with Crippen molar-refractivity contribution in [3.8, 4) is 5.75 Å². The van der Waals surface area contributed by atoms with Crippen LogP contribution in [0.2, 0.25) is 0 Å². The zero-order valence-electron chi connectivity index (χ0n) is 10.2. The summed E-state index contributed by atoms with van der Waals surface area (Å²) in [6.45, 7) is 0. The SMILES string of the molecule is COC(=O)CS(=O)(=O)Cc1cc(N)cc(OC)c1. The molecule has 0 saturated carbocycles. The predicted molar refractivity (Wildman–Crippen MR) is 66.9 cm³/mol. The maximum absolute atomic E-state index is 11.7. The number of anilines is 1. The van der Waals surface area contributed by atoms with E-state index in [1.807, 2.05) is 0 Å². The van der Waals surface area contributed by atoms with Gasteiger partial charge in [0.2, 0.25) is 0 Å². The number of hydrogen-bond acceptors (Lipinski definition) is 6. The van der Waals surface area contributed by atoms with E-state index in [9.17, 15) is 13.2 Å². The van der Waals surface area contributed by atoms with Gasteiger partial charge in [-0.3, -0.25) is 4.79 Å². The van der Waals surface area contributed by atoms with Crippen molar-refractivity contribution in [1.29, 1.82) is 0 Å². The fraction of sp³-hybridized carbons (Fsp3) is 0.364. The molecular formula is C11H15NO5S. The van der Waals surface area contributed by atoms with E-state index in [2.05, 4.69) is 4.74 Å². The minimum atomic E-state index is -3.57. The van der Waals surface area contributed by atoms with Crippen molar-refractivity contribution in [1.82, 2.24) is 0 Å². The van der Waals surface area contributed by atoms with Crippen LogP contribution in [0.4, 0.5) is 5.69 Å². The summed E-state index contributed by atoms with van der Waals surface area (Å²) in [6, 6.07) is 4.67. The Bertz CT molecular complexity index is 538. The highest BCUT2D eigenvalue weighted by Gasteiger charge is 2.18. The lowest BCUT2D eigenvalue weighted by molar-refractivity contribution is -0.137. The fourth-order valence-electron chi connectivity index (χ4n) is 1.43. The molecule has 1 aromatic rings. The van der Waals surface area contributed by atoms with E-state index in [0.29, 0.717) is 17.0 Å². The van der Waals surface area contributed by atoms with Crippen LogP contribution in [0.25, 0.3) is 0 Å². The Balaban J connectivity index is 2.90. The molecule has 7 heteroatoms. The van der Waals surface area contributed by atoms with Gasteiger partial charge < -0.3 is 15.2 Å². The Kier molecular flexibility index (Phi) is 4.55. The number of carbonyl (C=O) groups is 1. The lowest BCUT2D eigenvalue weighted by Gasteiger charge is -2.07. The van der Waals surface area contributed by atoms with E-state index in [1.54, 1.807) is 12.1 Å². The predicted octanol–water partition coefficient (Wildman–Crippen LogP) is 0.365. The van der Waals surface area contributed by atoms with Gasteiger partial charge in [-0.05, 0) is 17.7 Å². The van der Waals surface area contributed by atoms with E-state index in [1.165, 1.54) is 13.2 Å². The van der Waals surface area contributed by atoms with Gasteiger partial charge in [-0.2, -0.15) is 0 Å². The van der Waals surface area contributed by atoms with Crippen LogP contribution in [-0.2, 0) is 25.1 Å². The average molecular weight is 273 g/mol. The number of esters is 1. The summed E-state index contributed by atoms with van der Waals surface area (Å²) < 4.78 is 32.7. The van der Waals surface area contributed by atoms with Crippen LogP contribution in [0.1, 0.15) is 5.56 Å². The summed E-state index contributed by atoms with van der Waals surface area (Å²) in [6.07, 6.45) is 0. The number of sulfone groups is 1. The number of nitrogens with two attached hydrogens (primary N) is 1. The Hall–Kier alpha value is -1.76. The topological polar surface area (TPSA) is 95.7 Å². The van der Waals surface area contributed by atoms with E-state index >= 15 is 0 Å². The number of ether oxygens (including phenoxy) is 2. The molecule has 0 aliphatic carbocycles. The highest BCUT2D eigenvalue weighted by atomic mass is 32.2. The molecule has 0 unspecified atom stereocenters. The molecule has 2 N–H and O–H groups in total. The van der Waals surface area contributed by atoms with Crippen LogP contribution in [0.5, 0.6) is 5.75 Å². The maximum atomic E-state index is 11.7. The van der Waals surface area contributed by atoms with E-state index in [-0.39, 0.29) is 5.75 Å². The van der Waals surface area contributed by atoms with Gasteiger partial charge in [-0.15, -0.1) is 0 Å². The molecule has 0 saturated heterocycles. The first kappa shape index (κ1) is 14.3. The monoisotopic (exact) mass is 273 g/mol. The molecule has 0 aliphatic heterocycles. The Morgan fingerprint density at radius 2 is 1.94 bits per heavy atom. The molecule has 100 valence electrons. The quantitative estimate of drug-likeness (QED) is 0.615. The smallest absolute Gasteiger partial charge is 0.320 e. The third kappa shape index (κ3) is 4.25. The highest BCUT2D eigenvalue weighted by molar-refractivity contribution is 7.91. The summed E-state index contributed by atoms with van der Waals surface area (Å²) in [5, 5.41) is 0. The first-order chi connectivity index (χ1) is 8.36. The normalized spacial score (nSPS) is 11.0. The van der Waals surface area contributed by atoms with Crippen molar-refractivity contribution in [2.75, 3.05) is 25.7 Å². The van der Waals surface area contributed by atoms with Crippen molar-refractivity contribution in [3.05, 3.63) is 23.8 Å². The van der Waals surface area contributed by atoms with Crippen molar-refractivity contribution >= 4 is 21.5 Å². The molecule has 0 atom stereocenters. The van der Waals surface area contributed by atoms with Gasteiger partial charge >= 0.3 is 5.97 Å². The van der Waals surface area contributed by atoms with Crippen molar-refractivity contribution in [3.63, 3.8) is 0 Å². The summed E-state index contributed by atoms with van der Waals surface area (Å²) >= 11 is 0. The lowest BCUT2D eigenvalue weighted by Crippen LogP contribution is -2.18. The molecule has 0 amide bonds. The molecule has 0 fully saturated rings. The molecule has 1 rings (SSSR count). The van der Waals surface area contributed by atoms with Crippen LogP contribution in [0, 0.1) is 0 Å². The van der Waals surface area contributed by atoms with Crippen LogP contribution < -0.4 is 10.5 Å². The number of nitrogen functional groups attached to an aromatic ring is 1. The summed E-state index contributed by atoms with van der Waals surface area (Å²) in [7, 11) is -0.973. The van der Waals surface area contributed by atoms with Crippen LogP contribution in [-0.4, -0.2) is 34.4 Å². The Labute approximate surface area is 106 Å². The van der Waals surface area contributed by atoms with E-state index in [4.69, 9.17) is 10.5 Å². The largest absolute Gasteiger partial charge is 0.497 e. The van der Waals surface area contributed by atoms with E-state index in [0.717, 1.165) is 7.11 Å². The third-order valence-corrected chi connectivity index (χ3v) is 3.63. The van der Waals surface area contributed by atoms with Gasteiger partial charge in [0.25, 0.3) is 0 Å². The average Bonchev–Trinajstić information content (AvgIpc) is 2.26. The summed E-state index contributed by atoms with van der Waals surface area (Å²) in [5.74, 6) is -1.26. The number of rotatable bonds is 5. The van der Waals surface area contributed by atoms with E-state index < -0.39 is 21.6 Å². The molecule has 0 radical (unpaired) electrons. The van der Waals surface area contributed by atoms with Gasteiger partial charge in [0.05, 0.1) is 20.0 Å². The summed E-state index contributed by atoms with van der Waals surface area (Å²) in [4.78, 5) is 11.0. The molecule has 1 aromatic carbocycles. The van der Waals surface area contributed by atoms with Gasteiger partial charge in [0, 0.05) is 11.8 Å². The Morgan fingerprint density at radius 3 is 2.50 bits per heavy atom. The maximum Gasteiger partial charge on any atom is 0.320 e. The van der Waals surface area contributed by atoms with Gasteiger partial charge in [0.15, 0.2) is 9.84 Å². The number of carbonyl (C=O) groups excluding carboxylic acids is 1. The minimum Gasteiger partial charge on any atom is -0.497 e. The summed E-state index contributed by atoms with van der Waals surface area (Å²) in [5.41, 5.74) is 6.48. The van der Waals surface area contributed by atoms with Crippen molar-refractivity contribution < 1.29 is 22.7 Å². The standard InChI is InChI=1S/C11H15NO5S/c1-16-10-4-8(3-9(12)5-10)6-18(14,15)7-11(13)17-2/h3-5H,6-7,12H2,1-2H3. The van der Waals surface area contributed by atoms with Gasteiger partial charge in [0.1, 0.15) is 11.5 Å². The van der Waals surface area contributed by atoms with Crippen molar-refractivity contribution in [2.24, 2.45) is 0 Å². The first-order valence-electron chi connectivity index (χ1n) is 5.07. The zero-order chi connectivity index (χ0) is 13.8. The Morgan fingerprint density at radius 1 is 1.28 bits per heavy atom. The number of benzene rings is 1. The second-order valence-electron chi connectivity index (χ2n) is 3.72. The number of methoxy groups -OCH3 is 2. The third-order valence-electron chi connectivity index (χ3n) is 2.18. The van der Waals surface area contributed by atoms with Crippen LogP contribution >= 0.6 is 0 Å². The van der Waals surface area contributed by atoms with Gasteiger partial charge in [-0.25, -0.2) is 8.42 Å². The molecule has 0 bridgehead atoms.